The van der Waals surface area contributed by atoms with E-state index in [1.54, 1.807) is 0 Å². The number of carbonyl (C=O) groups is 2. The standard InChI is InChI=1S/C14H10ClNO5/c15-7-1-4-11(17)10(5-7)13(19)16-8-2-3-9(14(20)21)12(18)6-8/h1-6,17-18H,(H,16,19)(H,20,21). The highest BCUT2D eigenvalue weighted by Crippen LogP contribution is 2.25. The number of halogens is 1. The van der Waals surface area contributed by atoms with Crippen LogP contribution in [0.2, 0.25) is 5.02 Å². The summed E-state index contributed by atoms with van der Waals surface area (Å²) in [5.41, 5.74) is -0.134. The van der Waals surface area contributed by atoms with Crippen LogP contribution in [-0.2, 0) is 0 Å². The van der Waals surface area contributed by atoms with Crippen molar-refractivity contribution in [3.8, 4) is 11.5 Å². The lowest BCUT2D eigenvalue weighted by Crippen LogP contribution is -2.12. The lowest BCUT2D eigenvalue weighted by Gasteiger charge is -2.08. The van der Waals surface area contributed by atoms with Gasteiger partial charge >= 0.3 is 5.97 Å². The highest BCUT2D eigenvalue weighted by atomic mass is 35.5. The second kappa shape index (κ2) is 5.72. The van der Waals surface area contributed by atoms with Gasteiger partial charge in [-0.25, -0.2) is 4.79 Å². The molecule has 2 aromatic carbocycles. The van der Waals surface area contributed by atoms with E-state index in [0.29, 0.717) is 0 Å². The molecule has 0 atom stereocenters. The monoisotopic (exact) mass is 307 g/mol. The van der Waals surface area contributed by atoms with Gasteiger partial charge in [0, 0.05) is 16.8 Å². The minimum absolute atomic E-state index is 0.0377. The predicted octanol–water partition coefficient (Wildman–Crippen LogP) is 2.70. The number of aromatic hydroxyl groups is 2. The van der Waals surface area contributed by atoms with Crippen molar-refractivity contribution in [2.75, 3.05) is 5.32 Å². The van der Waals surface area contributed by atoms with Gasteiger partial charge in [0.2, 0.25) is 0 Å². The Balaban J connectivity index is 2.26. The van der Waals surface area contributed by atoms with Crippen LogP contribution in [0.4, 0.5) is 5.69 Å². The molecule has 0 aliphatic carbocycles. The topological polar surface area (TPSA) is 107 Å². The van der Waals surface area contributed by atoms with Crippen LogP contribution in [0.5, 0.6) is 11.5 Å². The van der Waals surface area contributed by atoms with Crippen molar-refractivity contribution in [1.29, 1.82) is 0 Å². The van der Waals surface area contributed by atoms with Crippen LogP contribution >= 0.6 is 11.6 Å². The van der Waals surface area contributed by atoms with Gasteiger partial charge in [-0.3, -0.25) is 4.79 Å². The van der Waals surface area contributed by atoms with Gasteiger partial charge in [0.25, 0.3) is 5.91 Å². The number of aromatic carboxylic acids is 1. The fourth-order valence-electron chi connectivity index (χ4n) is 1.68. The zero-order valence-corrected chi connectivity index (χ0v) is 11.3. The summed E-state index contributed by atoms with van der Waals surface area (Å²) in [4.78, 5) is 22.8. The van der Waals surface area contributed by atoms with Gasteiger partial charge in [0.05, 0.1) is 5.56 Å². The van der Waals surface area contributed by atoms with E-state index in [2.05, 4.69) is 5.32 Å². The first kappa shape index (κ1) is 14.7. The van der Waals surface area contributed by atoms with Crippen molar-refractivity contribution in [3.05, 3.63) is 52.5 Å². The molecule has 4 N–H and O–H groups in total. The van der Waals surface area contributed by atoms with E-state index in [1.807, 2.05) is 0 Å². The van der Waals surface area contributed by atoms with Crippen LogP contribution in [0.1, 0.15) is 20.7 Å². The fourth-order valence-corrected chi connectivity index (χ4v) is 1.85. The third kappa shape index (κ3) is 3.24. The second-order valence-corrected chi connectivity index (χ2v) is 4.59. The van der Waals surface area contributed by atoms with Crippen LogP contribution in [-0.4, -0.2) is 27.2 Å². The Hall–Kier alpha value is -2.73. The van der Waals surface area contributed by atoms with Gasteiger partial charge in [-0.2, -0.15) is 0 Å². The van der Waals surface area contributed by atoms with Gasteiger partial charge in [-0.1, -0.05) is 11.6 Å². The van der Waals surface area contributed by atoms with Gasteiger partial charge in [0.1, 0.15) is 17.1 Å². The second-order valence-electron chi connectivity index (χ2n) is 4.15. The van der Waals surface area contributed by atoms with Crippen LogP contribution in [0.3, 0.4) is 0 Å². The van der Waals surface area contributed by atoms with E-state index < -0.39 is 17.6 Å². The lowest BCUT2D eigenvalue weighted by molar-refractivity contribution is 0.0693. The number of carboxylic acids is 1. The Kier molecular flexibility index (Phi) is 4.00. The molecule has 0 unspecified atom stereocenters. The minimum atomic E-state index is -1.28. The molecule has 108 valence electrons. The minimum Gasteiger partial charge on any atom is -0.507 e. The Morgan fingerprint density at radius 1 is 0.952 bits per heavy atom. The van der Waals surface area contributed by atoms with Crippen LogP contribution in [0.25, 0.3) is 0 Å². The molecule has 0 saturated heterocycles. The zero-order chi connectivity index (χ0) is 15.6. The van der Waals surface area contributed by atoms with E-state index >= 15 is 0 Å². The van der Waals surface area contributed by atoms with E-state index in [0.717, 1.165) is 12.1 Å². The molecule has 0 saturated carbocycles. The molecular formula is C14H10ClNO5. The van der Waals surface area contributed by atoms with Crippen molar-refractivity contribution in [2.45, 2.75) is 0 Å². The number of rotatable bonds is 3. The van der Waals surface area contributed by atoms with E-state index in [9.17, 15) is 19.8 Å². The lowest BCUT2D eigenvalue weighted by atomic mass is 10.1. The summed E-state index contributed by atoms with van der Waals surface area (Å²) in [6, 6.07) is 7.58. The number of amides is 1. The van der Waals surface area contributed by atoms with Crippen LogP contribution in [0.15, 0.2) is 36.4 Å². The van der Waals surface area contributed by atoms with Crippen molar-refractivity contribution in [1.82, 2.24) is 0 Å². The first-order chi connectivity index (χ1) is 9.88. The van der Waals surface area contributed by atoms with Crippen molar-refractivity contribution < 1.29 is 24.9 Å². The van der Waals surface area contributed by atoms with Crippen LogP contribution in [0, 0.1) is 0 Å². The maximum atomic E-state index is 12.0. The smallest absolute Gasteiger partial charge is 0.339 e. The number of anilines is 1. The molecule has 0 aromatic heterocycles. The van der Waals surface area contributed by atoms with Crippen molar-refractivity contribution in [2.24, 2.45) is 0 Å². The molecule has 0 bridgehead atoms. The number of phenolic OH excluding ortho intramolecular Hbond substituents is 1. The molecule has 0 spiro atoms. The summed E-state index contributed by atoms with van der Waals surface area (Å²) in [5.74, 6) is -2.64. The molecule has 0 heterocycles. The SMILES string of the molecule is O=C(O)c1ccc(NC(=O)c2cc(Cl)ccc2O)cc1O. The Labute approximate surface area is 124 Å². The average Bonchev–Trinajstić information content (AvgIpc) is 2.41. The van der Waals surface area contributed by atoms with Gasteiger partial charge in [-0.15, -0.1) is 0 Å². The average molecular weight is 308 g/mol. The van der Waals surface area contributed by atoms with Gasteiger partial charge in [-0.05, 0) is 30.3 Å². The summed E-state index contributed by atoms with van der Waals surface area (Å²) < 4.78 is 0. The predicted molar refractivity (Wildman–Crippen MR) is 76.1 cm³/mol. The number of carboxylic acid groups (broad SMARTS) is 1. The summed E-state index contributed by atoms with van der Waals surface area (Å²) in [6.45, 7) is 0. The van der Waals surface area contributed by atoms with Gasteiger partial charge in [0.15, 0.2) is 0 Å². The summed E-state index contributed by atoms with van der Waals surface area (Å²) >= 11 is 5.75. The molecule has 0 aliphatic heterocycles. The maximum absolute atomic E-state index is 12.0. The first-order valence-corrected chi connectivity index (χ1v) is 6.12. The normalized spacial score (nSPS) is 10.1. The van der Waals surface area contributed by atoms with E-state index in [1.165, 1.54) is 24.3 Å². The number of nitrogens with one attached hydrogen (secondary N) is 1. The number of carbonyl (C=O) groups excluding carboxylic acids is 1. The number of benzene rings is 2. The molecule has 2 aromatic rings. The summed E-state index contributed by atoms with van der Waals surface area (Å²) in [6.07, 6.45) is 0. The molecule has 0 radical (unpaired) electrons. The van der Waals surface area contributed by atoms with E-state index in [4.69, 9.17) is 16.7 Å². The Morgan fingerprint density at radius 2 is 1.67 bits per heavy atom. The first-order valence-electron chi connectivity index (χ1n) is 5.74. The number of phenols is 2. The molecule has 7 heteroatoms. The summed E-state index contributed by atoms with van der Waals surface area (Å²) in [5, 5.41) is 30.6. The largest absolute Gasteiger partial charge is 0.507 e. The molecular weight excluding hydrogens is 298 g/mol. The highest BCUT2D eigenvalue weighted by Gasteiger charge is 2.14. The third-order valence-electron chi connectivity index (χ3n) is 2.69. The highest BCUT2D eigenvalue weighted by molar-refractivity contribution is 6.31. The number of hydrogen-bond donors (Lipinski definition) is 4. The molecule has 6 nitrogen and oxygen atoms in total. The van der Waals surface area contributed by atoms with E-state index in [-0.39, 0.29) is 27.6 Å². The maximum Gasteiger partial charge on any atom is 0.339 e. The number of hydrogen-bond acceptors (Lipinski definition) is 4. The van der Waals surface area contributed by atoms with Crippen molar-refractivity contribution >= 4 is 29.2 Å². The third-order valence-corrected chi connectivity index (χ3v) is 2.92. The Morgan fingerprint density at radius 3 is 2.29 bits per heavy atom. The molecule has 2 rings (SSSR count). The molecule has 1 amide bonds. The molecule has 0 fully saturated rings. The van der Waals surface area contributed by atoms with Crippen molar-refractivity contribution in [3.63, 3.8) is 0 Å². The van der Waals surface area contributed by atoms with Crippen LogP contribution < -0.4 is 5.32 Å². The van der Waals surface area contributed by atoms with Gasteiger partial charge < -0.3 is 20.6 Å². The Bertz CT molecular complexity index is 729. The fraction of sp³-hybridized carbons (Fsp3) is 0. The molecule has 21 heavy (non-hydrogen) atoms. The quantitative estimate of drug-likeness (QED) is 0.697. The summed E-state index contributed by atoms with van der Waals surface area (Å²) in [7, 11) is 0. The molecule has 0 aliphatic rings. The zero-order valence-electron chi connectivity index (χ0n) is 10.5.